The third-order valence-corrected chi connectivity index (χ3v) is 9.20. The summed E-state index contributed by atoms with van der Waals surface area (Å²) in [5.41, 5.74) is 10.9. The molecule has 7 aromatic carbocycles. The van der Waals surface area contributed by atoms with Gasteiger partial charge < -0.3 is 5.41 Å². The second-order valence-corrected chi connectivity index (χ2v) is 11.8. The Bertz CT molecular complexity index is 2300. The molecule has 7 rings (SSSR count). The van der Waals surface area contributed by atoms with E-state index in [9.17, 15) is 0 Å². The molecule has 0 saturated heterocycles. The molecule has 46 heavy (non-hydrogen) atoms. The maximum atomic E-state index is 8.68. The molecular weight excluding hydrogens is 555 g/mol. The van der Waals surface area contributed by atoms with Gasteiger partial charge >= 0.3 is 0 Å². The Hall–Kier alpha value is -5.79. The Morgan fingerprint density at radius 2 is 0.935 bits per heavy atom. The fraction of sp³-hybridized carbons (Fsp3) is 0.0444. The number of nitrogens with one attached hydrogen (secondary N) is 1. The summed E-state index contributed by atoms with van der Waals surface area (Å²) in [4.78, 5) is 0. The Kier molecular flexibility index (Phi) is 7.74. The Morgan fingerprint density at radius 1 is 0.500 bits per heavy atom. The van der Waals surface area contributed by atoms with Crippen LogP contribution < -0.4 is 0 Å². The average molecular weight is 590 g/mol. The van der Waals surface area contributed by atoms with Crippen molar-refractivity contribution in [2.45, 2.75) is 13.8 Å². The van der Waals surface area contributed by atoms with Gasteiger partial charge in [-0.2, -0.15) is 0 Å². The molecular formula is C45H35N. The highest BCUT2D eigenvalue weighted by Crippen LogP contribution is 2.37. The van der Waals surface area contributed by atoms with Gasteiger partial charge in [-0.3, -0.25) is 0 Å². The van der Waals surface area contributed by atoms with E-state index >= 15 is 0 Å². The SMILES string of the molecule is C=C/C=C\c1ccc(/C=C\C(=N)c2ccc(-c3ccc(-c4ccc5c6ccccc6c6ccccc6c5c4)cc3)cc2)c(C)c1C. The molecule has 0 atom stereocenters. The number of allylic oxidation sites excluding steroid dienone is 3. The number of hydrogen-bond donors (Lipinski definition) is 1. The van der Waals surface area contributed by atoms with Crippen LogP contribution in [0.1, 0.15) is 27.8 Å². The molecule has 1 nitrogen and oxygen atoms in total. The lowest BCUT2D eigenvalue weighted by molar-refractivity contribution is 1.31. The van der Waals surface area contributed by atoms with Crippen LogP contribution in [-0.4, -0.2) is 5.71 Å². The van der Waals surface area contributed by atoms with Gasteiger partial charge in [0.25, 0.3) is 0 Å². The van der Waals surface area contributed by atoms with Crippen LogP contribution in [0.15, 0.2) is 152 Å². The molecule has 0 aliphatic carbocycles. The predicted molar refractivity (Wildman–Crippen MR) is 201 cm³/mol. The summed E-state index contributed by atoms with van der Waals surface area (Å²) < 4.78 is 0. The fourth-order valence-electron chi connectivity index (χ4n) is 6.45. The van der Waals surface area contributed by atoms with Crippen molar-refractivity contribution in [1.29, 1.82) is 5.41 Å². The van der Waals surface area contributed by atoms with Crippen molar-refractivity contribution in [3.63, 3.8) is 0 Å². The monoisotopic (exact) mass is 589 g/mol. The molecule has 220 valence electrons. The highest BCUT2D eigenvalue weighted by Gasteiger charge is 2.10. The molecule has 1 heteroatoms. The van der Waals surface area contributed by atoms with Crippen LogP contribution in [0.25, 0.3) is 66.7 Å². The van der Waals surface area contributed by atoms with Crippen LogP contribution in [0.3, 0.4) is 0 Å². The predicted octanol–water partition coefficient (Wildman–Crippen LogP) is 12.4. The molecule has 0 heterocycles. The topological polar surface area (TPSA) is 23.9 Å². The standard InChI is InChI=1S/C45H35N/c1-4-5-10-32-15-16-33(31(3)30(32)2)26-28-45(46)37-23-21-35(22-24-37)34-17-19-36(20-18-34)38-25-27-43-41-13-7-6-11-39(41)40-12-8-9-14-42(40)44(43)29-38/h4-29,46H,1H2,2-3H3/b10-5-,28-26-,46-45?. The molecule has 0 unspecified atom stereocenters. The highest BCUT2D eigenvalue weighted by atomic mass is 14.4. The van der Waals surface area contributed by atoms with Crippen molar-refractivity contribution in [1.82, 2.24) is 0 Å². The number of benzene rings is 7. The van der Waals surface area contributed by atoms with Crippen LogP contribution in [-0.2, 0) is 0 Å². The first-order chi connectivity index (χ1) is 22.5. The van der Waals surface area contributed by atoms with Crippen molar-refractivity contribution in [3.8, 4) is 22.3 Å². The molecule has 0 spiro atoms. The van der Waals surface area contributed by atoms with Crippen LogP contribution in [0, 0.1) is 19.3 Å². The van der Waals surface area contributed by atoms with E-state index < -0.39 is 0 Å². The molecule has 0 aliphatic rings. The molecule has 0 aliphatic heterocycles. The lowest BCUT2D eigenvalue weighted by Crippen LogP contribution is -1.95. The minimum atomic E-state index is 0.492. The number of hydrogen-bond acceptors (Lipinski definition) is 1. The van der Waals surface area contributed by atoms with Crippen molar-refractivity contribution in [2.75, 3.05) is 0 Å². The molecule has 0 bridgehead atoms. The highest BCUT2D eigenvalue weighted by molar-refractivity contribution is 6.25. The summed E-state index contributed by atoms with van der Waals surface area (Å²) in [5, 5.41) is 16.4. The van der Waals surface area contributed by atoms with E-state index in [1.165, 1.54) is 60.1 Å². The Balaban J connectivity index is 1.12. The van der Waals surface area contributed by atoms with E-state index in [0.29, 0.717) is 5.71 Å². The van der Waals surface area contributed by atoms with Crippen LogP contribution in [0.2, 0.25) is 0 Å². The molecule has 1 N–H and O–H groups in total. The van der Waals surface area contributed by atoms with Crippen molar-refractivity contribution in [2.24, 2.45) is 0 Å². The summed E-state index contributed by atoms with van der Waals surface area (Å²) in [6.07, 6.45) is 9.75. The lowest BCUT2D eigenvalue weighted by atomic mass is 9.92. The van der Waals surface area contributed by atoms with Gasteiger partial charge in [-0.1, -0.05) is 152 Å². The summed E-state index contributed by atoms with van der Waals surface area (Å²) in [5.74, 6) is 0. The molecule has 0 radical (unpaired) electrons. The van der Waals surface area contributed by atoms with Gasteiger partial charge in [-0.15, -0.1) is 0 Å². The molecule has 0 fully saturated rings. The summed E-state index contributed by atoms with van der Waals surface area (Å²) in [6.45, 7) is 8.03. The lowest BCUT2D eigenvalue weighted by Gasteiger charge is -2.12. The van der Waals surface area contributed by atoms with E-state index in [-0.39, 0.29) is 0 Å². The third kappa shape index (κ3) is 5.38. The Labute approximate surface area is 271 Å². The van der Waals surface area contributed by atoms with Crippen molar-refractivity contribution < 1.29 is 0 Å². The van der Waals surface area contributed by atoms with E-state index in [2.05, 4.69) is 142 Å². The number of fused-ring (bicyclic) bond motifs is 6. The van der Waals surface area contributed by atoms with Crippen molar-refractivity contribution >= 4 is 50.2 Å². The second kappa shape index (κ2) is 12.3. The quantitative estimate of drug-likeness (QED) is 0.109. The molecule has 0 aromatic heterocycles. The minimum Gasteiger partial charge on any atom is -0.300 e. The van der Waals surface area contributed by atoms with Gasteiger partial charge in [-0.05, 0) is 108 Å². The maximum Gasteiger partial charge on any atom is 0.0612 e. The smallest absolute Gasteiger partial charge is 0.0612 e. The summed E-state index contributed by atoms with van der Waals surface area (Å²) >= 11 is 0. The second-order valence-electron chi connectivity index (χ2n) is 11.8. The van der Waals surface area contributed by atoms with Crippen LogP contribution in [0.5, 0.6) is 0 Å². The first kappa shape index (κ1) is 29.0. The maximum absolute atomic E-state index is 8.68. The Morgan fingerprint density at radius 3 is 1.48 bits per heavy atom. The van der Waals surface area contributed by atoms with E-state index in [0.717, 1.165) is 22.3 Å². The minimum absolute atomic E-state index is 0.492. The van der Waals surface area contributed by atoms with Gasteiger partial charge in [0.2, 0.25) is 0 Å². The third-order valence-electron chi connectivity index (χ3n) is 9.20. The zero-order chi connectivity index (χ0) is 31.6. The van der Waals surface area contributed by atoms with Crippen LogP contribution >= 0.6 is 0 Å². The summed E-state index contributed by atoms with van der Waals surface area (Å²) in [7, 11) is 0. The van der Waals surface area contributed by atoms with E-state index in [1.54, 1.807) is 6.08 Å². The van der Waals surface area contributed by atoms with Gasteiger partial charge in [0.05, 0.1) is 5.71 Å². The average Bonchev–Trinajstić information content (AvgIpc) is 3.12. The molecule has 0 amide bonds. The van der Waals surface area contributed by atoms with Gasteiger partial charge in [0.1, 0.15) is 0 Å². The van der Waals surface area contributed by atoms with E-state index in [4.69, 9.17) is 5.41 Å². The first-order valence-electron chi connectivity index (χ1n) is 15.7. The van der Waals surface area contributed by atoms with E-state index in [1.807, 2.05) is 30.4 Å². The zero-order valence-electron chi connectivity index (χ0n) is 26.2. The van der Waals surface area contributed by atoms with Gasteiger partial charge in [0.15, 0.2) is 0 Å². The van der Waals surface area contributed by atoms with Crippen LogP contribution in [0.4, 0.5) is 0 Å². The zero-order valence-corrected chi connectivity index (χ0v) is 26.2. The summed E-state index contributed by atoms with van der Waals surface area (Å²) in [6, 6.07) is 45.6. The van der Waals surface area contributed by atoms with Gasteiger partial charge in [-0.25, -0.2) is 0 Å². The molecule has 0 saturated carbocycles. The largest absolute Gasteiger partial charge is 0.300 e. The number of rotatable bonds is 7. The first-order valence-corrected chi connectivity index (χ1v) is 15.7. The van der Waals surface area contributed by atoms with Crippen molar-refractivity contribution in [3.05, 3.63) is 180 Å². The van der Waals surface area contributed by atoms with Gasteiger partial charge in [0, 0.05) is 0 Å². The fourth-order valence-corrected chi connectivity index (χ4v) is 6.45. The normalized spacial score (nSPS) is 11.7. The molecule has 7 aromatic rings.